The molecule has 1 spiro atoms. The third kappa shape index (κ3) is 2.02. The molecule has 0 aliphatic heterocycles. The highest BCUT2D eigenvalue weighted by Gasteiger charge is 2.40. The second-order valence-corrected chi connectivity index (χ2v) is 5.50. The first-order valence-corrected chi connectivity index (χ1v) is 6.33. The number of carbonyl (C=O) groups is 1. The number of hydrogen-bond acceptors (Lipinski definition) is 1. The van der Waals surface area contributed by atoms with Crippen LogP contribution in [0.15, 0.2) is 11.1 Å². The third-order valence-corrected chi connectivity index (χ3v) is 4.46. The van der Waals surface area contributed by atoms with Gasteiger partial charge in [-0.05, 0) is 46.0 Å². The lowest BCUT2D eigenvalue weighted by Crippen LogP contribution is -2.32. The Bertz CT molecular complexity index is 300. The Hall–Kier alpha value is -0.590. The summed E-state index contributed by atoms with van der Waals surface area (Å²) >= 11 is 0. The van der Waals surface area contributed by atoms with Gasteiger partial charge < -0.3 is 0 Å². The summed E-state index contributed by atoms with van der Waals surface area (Å²) in [6, 6.07) is 0. The predicted molar refractivity (Wildman–Crippen MR) is 62.8 cm³/mol. The van der Waals surface area contributed by atoms with Gasteiger partial charge in [-0.1, -0.05) is 24.0 Å². The molecular weight excluding hydrogens is 184 g/mol. The molecule has 2 aliphatic rings. The first-order valence-electron chi connectivity index (χ1n) is 6.33. The largest absolute Gasteiger partial charge is 0.299 e. The summed E-state index contributed by atoms with van der Waals surface area (Å²) in [6.45, 7) is 4.44. The zero-order chi connectivity index (χ0) is 10.9. The number of hydrogen-bond donors (Lipinski definition) is 0. The molecule has 0 heterocycles. The van der Waals surface area contributed by atoms with Crippen molar-refractivity contribution in [2.45, 2.75) is 65.2 Å². The van der Waals surface area contributed by atoms with E-state index >= 15 is 0 Å². The second kappa shape index (κ2) is 4.11. The van der Waals surface area contributed by atoms with Crippen molar-refractivity contribution in [1.82, 2.24) is 0 Å². The minimum absolute atomic E-state index is 0.0556. The van der Waals surface area contributed by atoms with Crippen LogP contribution in [-0.4, -0.2) is 5.78 Å². The van der Waals surface area contributed by atoms with E-state index in [4.69, 9.17) is 0 Å². The van der Waals surface area contributed by atoms with E-state index in [0.717, 1.165) is 38.5 Å². The first kappa shape index (κ1) is 10.9. The topological polar surface area (TPSA) is 17.1 Å². The zero-order valence-electron chi connectivity index (χ0n) is 10.1. The van der Waals surface area contributed by atoms with Crippen molar-refractivity contribution in [3.8, 4) is 0 Å². The van der Waals surface area contributed by atoms with Crippen molar-refractivity contribution in [2.24, 2.45) is 5.41 Å². The van der Waals surface area contributed by atoms with Gasteiger partial charge in [-0.3, -0.25) is 4.79 Å². The monoisotopic (exact) mass is 206 g/mol. The molecule has 0 saturated heterocycles. The van der Waals surface area contributed by atoms with Crippen LogP contribution in [0.4, 0.5) is 0 Å². The van der Waals surface area contributed by atoms with Crippen molar-refractivity contribution < 1.29 is 4.79 Å². The Morgan fingerprint density at radius 3 is 2.47 bits per heavy atom. The van der Waals surface area contributed by atoms with Gasteiger partial charge in [-0.2, -0.15) is 0 Å². The first-order chi connectivity index (χ1) is 7.14. The van der Waals surface area contributed by atoms with Crippen LogP contribution < -0.4 is 0 Å². The van der Waals surface area contributed by atoms with Crippen LogP contribution in [0.25, 0.3) is 0 Å². The van der Waals surface area contributed by atoms with E-state index in [2.05, 4.69) is 13.8 Å². The van der Waals surface area contributed by atoms with Gasteiger partial charge in [0.05, 0.1) is 0 Å². The molecule has 2 aliphatic carbocycles. The van der Waals surface area contributed by atoms with E-state index in [1.807, 2.05) is 0 Å². The highest BCUT2D eigenvalue weighted by Crippen LogP contribution is 2.46. The summed E-state index contributed by atoms with van der Waals surface area (Å²) < 4.78 is 0. The van der Waals surface area contributed by atoms with Crippen LogP contribution in [0.3, 0.4) is 0 Å². The predicted octanol–water partition coefficient (Wildman–Crippen LogP) is 4.03. The van der Waals surface area contributed by atoms with E-state index in [1.165, 1.54) is 24.0 Å². The molecule has 0 N–H and O–H groups in total. The molecule has 1 heteroatoms. The molecule has 1 fully saturated rings. The lowest BCUT2D eigenvalue weighted by molar-refractivity contribution is -0.129. The van der Waals surface area contributed by atoms with Gasteiger partial charge in [-0.25, -0.2) is 0 Å². The summed E-state index contributed by atoms with van der Waals surface area (Å²) in [5.41, 5.74) is 3.06. The van der Waals surface area contributed by atoms with Gasteiger partial charge >= 0.3 is 0 Å². The molecule has 0 aromatic heterocycles. The van der Waals surface area contributed by atoms with Gasteiger partial charge in [0.15, 0.2) is 0 Å². The lowest BCUT2D eigenvalue weighted by Gasteiger charge is -2.36. The van der Waals surface area contributed by atoms with Crippen molar-refractivity contribution in [2.75, 3.05) is 0 Å². The number of ketones is 1. The smallest absolute Gasteiger partial charge is 0.139 e. The summed E-state index contributed by atoms with van der Waals surface area (Å²) in [6.07, 6.45) is 8.96. The van der Waals surface area contributed by atoms with Crippen LogP contribution in [0.5, 0.6) is 0 Å². The average Bonchev–Trinajstić information content (AvgIpc) is 2.38. The Labute approximate surface area is 92.9 Å². The summed E-state index contributed by atoms with van der Waals surface area (Å²) in [7, 11) is 0. The van der Waals surface area contributed by atoms with Crippen molar-refractivity contribution in [1.29, 1.82) is 0 Å². The highest BCUT2D eigenvalue weighted by molar-refractivity contribution is 5.85. The molecule has 84 valence electrons. The van der Waals surface area contributed by atoms with Crippen LogP contribution in [0.2, 0.25) is 0 Å². The fourth-order valence-electron chi connectivity index (χ4n) is 3.17. The molecule has 1 nitrogen and oxygen atoms in total. The second-order valence-electron chi connectivity index (χ2n) is 5.50. The maximum absolute atomic E-state index is 12.2. The van der Waals surface area contributed by atoms with Gasteiger partial charge in [0.25, 0.3) is 0 Å². The quantitative estimate of drug-likeness (QED) is 0.547. The Morgan fingerprint density at radius 1 is 0.933 bits per heavy atom. The van der Waals surface area contributed by atoms with E-state index in [0.29, 0.717) is 5.78 Å². The molecule has 0 aromatic rings. The fourth-order valence-corrected chi connectivity index (χ4v) is 3.17. The number of carbonyl (C=O) groups excluding carboxylic acids is 1. The lowest BCUT2D eigenvalue weighted by atomic mass is 9.67. The van der Waals surface area contributed by atoms with Crippen molar-refractivity contribution >= 4 is 5.78 Å². The molecular formula is C14H22O. The maximum atomic E-state index is 12.2. The van der Waals surface area contributed by atoms with Gasteiger partial charge in [0.1, 0.15) is 5.78 Å². The molecule has 0 aromatic carbocycles. The molecule has 0 radical (unpaired) electrons. The average molecular weight is 206 g/mol. The van der Waals surface area contributed by atoms with Gasteiger partial charge in [0.2, 0.25) is 0 Å². The SMILES string of the molecule is CC1=C(C)CC2(CCCCCC2=O)CC1. The van der Waals surface area contributed by atoms with E-state index < -0.39 is 0 Å². The summed E-state index contributed by atoms with van der Waals surface area (Å²) in [5, 5.41) is 0. The van der Waals surface area contributed by atoms with Crippen molar-refractivity contribution in [3.63, 3.8) is 0 Å². The highest BCUT2D eigenvalue weighted by atomic mass is 16.1. The number of rotatable bonds is 0. The van der Waals surface area contributed by atoms with Crippen LogP contribution in [0, 0.1) is 5.41 Å². The van der Waals surface area contributed by atoms with E-state index in [-0.39, 0.29) is 5.41 Å². The Balaban J connectivity index is 2.22. The number of allylic oxidation sites excluding steroid dienone is 2. The Morgan fingerprint density at radius 2 is 1.73 bits per heavy atom. The van der Waals surface area contributed by atoms with Crippen molar-refractivity contribution in [3.05, 3.63) is 11.1 Å². The molecule has 1 unspecified atom stereocenters. The van der Waals surface area contributed by atoms with Crippen LogP contribution >= 0.6 is 0 Å². The van der Waals surface area contributed by atoms with E-state index in [1.54, 1.807) is 0 Å². The summed E-state index contributed by atoms with van der Waals surface area (Å²) in [4.78, 5) is 12.2. The van der Waals surface area contributed by atoms with E-state index in [9.17, 15) is 4.79 Å². The number of Topliss-reactive ketones (excluding diaryl/α,β-unsaturated/α-hetero) is 1. The standard InChI is InChI=1S/C14H22O/c1-11-7-9-14(10-12(11)2)8-5-3-4-6-13(14)15/h3-10H2,1-2H3. The molecule has 1 saturated carbocycles. The third-order valence-electron chi connectivity index (χ3n) is 4.46. The molecule has 1 atom stereocenters. The van der Waals surface area contributed by atoms with Crippen LogP contribution in [0.1, 0.15) is 65.2 Å². The zero-order valence-corrected chi connectivity index (χ0v) is 10.1. The molecule has 15 heavy (non-hydrogen) atoms. The van der Waals surface area contributed by atoms with Crippen LogP contribution in [-0.2, 0) is 4.79 Å². The molecule has 0 bridgehead atoms. The van der Waals surface area contributed by atoms with Gasteiger partial charge in [0, 0.05) is 11.8 Å². The minimum Gasteiger partial charge on any atom is -0.299 e. The Kier molecular flexibility index (Phi) is 2.99. The van der Waals surface area contributed by atoms with Gasteiger partial charge in [-0.15, -0.1) is 0 Å². The normalized spacial score (nSPS) is 33.3. The minimum atomic E-state index is 0.0556. The maximum Gasteiger partial charge on any atom is 0.139 e. The fraction of sp³-hybridized carbons (Fsp3) is 0.786. The summed E-state index contributed by atoms with van der Waals surface area (Å²) in [5.74, 6) is 0.562. The molecule has 0 amide bonds. The molecule has 2 rings (SSSR count).